The zero-order valence-electron chi connectivity index (χ0n) is 5.92. The normalized spacial score (nSPS) is 8.10. The minimum atomic E-state index is -0.451. The lowest BCUT2D eigenvalue weighted by Gasteiger charge is -2.01. The second kappa shape index (κ2) is 5.94. The molecule has 0 unspecified atom stereocenters. The zero-order chi connectivity index (χ0) is 7.82. The van der Waals surface area contributed by atoms with Crippen LogP contribution in [0.25, 0.3) is 0 Å². The quantitative estimate of drug-likeness (QED) is 0.463. The lowest BCUT2D eigenvalue weighted by Crippen LogP contribution is -2.20. The van der Waals surface area contributed by atoms with Gasteiger partial charge < -0.3 is 14.8 Å². The lowest BCUT2D eigenvalue weighted by atomic mass is 10.8. The molecule has 0 spiro atoms. The van der Waals surface area contributed by atoms with Crippen LogP contribution in [0.15, 0.2) is 12.8 Å². The van der Waals surface area contributed by atoms with Gasteiger partial charge in [-0.25, -0.2) is 4.79 Å². The first-order valence-corrected chi connectivity index (χ1v) is 2.88. The molecular formula is C6H11NO3. The summed E-state index contributed by atoms with van der Waals surface area (Å²) in [5.74, 6) is 0. The highest BCUT2D eigenvalue weighted by Gasteiger charge is 1.94. The second-order valence-electron chi connectivity index (χ2n) is 1.42. The molecular weight excluding hydrogens is 134 g/mol. The maximum absolute atomic E-state index is 10.4. The Balaban J connectivity index is 3.03. The first kappa shape index (κ1) is 8.81. The number of rotatable bonds is 4. The maximum atomic E-state index is 10.4. The minimum absolute atomic E-state index is 0.242. The maximum Gasteiger partial charge on any atom is 0.406 e. The fourth-order valence-corrected chi connectivity index (χ4v) is 0.338. The van der Waals surface area contributed by atoms with E-state index in [1.54, 1.807) is 0 Å². The molecule has 0 radical (unpaired) electrons. The zero-order valence-corrected chi connectivity index (χ0v) is 5.92. The fourth-order valence-electron chi connectivity index (χ4n) is 0.338. The number of carbonyl (C=O) groups is 1. The Hall–Kier alpha value is -1.19. The molecule has 0 aromatic heterocycles. The van der Waals surface area contributed by atoms with Gasteiger partial charge in [0.05, 0.1) is 6.26 Å². The number of nitrogens with one attached hydrogen (secondary N) is 1. The first-order valence-electron chi connectivity index (χ1n) is 2.88. The summed E-state index contributed by atoms with van der Waals surface area (Å²) < 4.78 is 9.26. The van der Waals surface area contributed by atoms with Crippen molar-refractivity contribution in [1.29, 1.82) is 0 Å². The molecule has 0 fully saturated rings. The Morgan fingerprint density at radius 2 is 2.40 bits per heavy atom. The molecule has 0 saturated carbocycles. The van der Waals surface area contributed by atoms with Crippen molar-refractivity contribution in [3.05, 3.63) is 12.8 Å². The van der Waals surface area contributed by atoms with Gasteiger partial charge in [0.1, 0.15) is 13.2 Å². The summed E-state index contributed by atoms with van der Waals surface area (Å²) in [6.45, 7) is 3.91. The van der Waals surface area contributed by atoms with Crippen molar-refractivity contribution in [2.24, 2.45) is 0 Å². The average molecular weight is 145 g/mol. The summed E-state index contributed by atoms with van der Waals surface area (Å²) >= 11 is 0. The molecule has 0 rings (SSSR count). The van der Waals surface area contributed by atoms with E-state index in [0.29, 0.717) is 6.61 Å². The number of amides is 1. The molecule has 0 atom stereocenters. The molecule has 0 heterocycles. The van der Waals surface area contributed by atoms with Crippen LogP contribution >= 0.6 is 0 Å². The molecule has 4 heteroatoms. The molecule has 0 aromatic rings. The van der Waals surface area contributed by atoms with Gasteiger partial charge in [0, 0.05) is 7.05 Å². The standard InChI is InChI=1S/C6H11NO3/c1-3-9-4-5-10-6(8)7-2/h3H,1,4-5H2,2H3,(H,7,8). The fraction of sp³-hybridized carbons (Fsp3) is 0.500. The van der Waals surface area contributed by atoms with Crippen LogP contribution in [0.3, 0.4) is 0 Å². The molecule has 4 nitrogen and oxygen atoms in total. The summed E-state index contributed by atoms with van der Waals surface area (Å²) in [5, 5.41) is 2.30. The predicted octanol–water partition coefficient (Wildman–Crippen LogP) is 0.502. The van der Waals surface area contributed by atoms with E-state index in [1.807, 2.05) is 0 Å². The molecule has 0 saturated heterocycles. The van der Waals surface area contributed by atoms with E-state index in [4.69, 9.17) is 0 Å². The summed E-state index contributed by atoms with van der Waals surface area (Å²) in [5.41, 5.74) is 0. The Morgan fingerprint density at radius 1 is 1.70 bits per heavy atom. The predicted molar refractivity (Wildman–Crippen MR) is 36.6 cm³/mol. The second-order valence-corrected chi connectivity index (χ2v) is 1.42. The van der Waals surface area contributed by atoms with Crippen LogP contribution in [0, 0.1) is 0 Å². The van der Waals surface area contributed by atoms with Crippen molar-refractivity contribution < 1.29 is 14.3 Å². The van der Waals surface area contributed by atoms with Crippen LogP contribution in [-0.4, -0.2) is 26.4 Å². The highest BCUT2D eigenvalue weighted by molar-refractivity contribution is 5.66. The van der Waals surface area contributed by atoms with Crippen LogP contribution in [-0.2, 0) is 9.47 Å². The summed E-state index contributed by atoms with van der Waals surface area (Å²) in [6, 6.07) is 0. The molecule has 1 N–H and O–H groups in total. The Bertz CT molecular complexity index is 114. The van der Waals surface area contributed by atoms with Gasteiger partial charge in [0.25, 0.3) is 0 Å². The number of hydrogen-bond acceptors (Lipinski definition) is 3. The largest absolute Gasteiger partial charge is 0.498 e. The Kier molecular flexibility index (Phi) is 5.23. The topological polar surface area (TPSA) is 47.6 Å². The summed E-state index contributed by atoms with van der Waals surface area (Å²) in [7, 11) is 1.50. The van der Waals surface area contributed by atoms with Crippen molar-refractivity contribution in [3.8, 4) is 0 Å². The Morgan fingerprint density at radius 3 is 2.90 bits per heavy atom. The van der Waals surface area contributed by atoms with E-state index < -0.39 is 6.09 Å². The molecule has 0 aliphatic carbocycles. The molecule has 10 heavy (non-hydrogen) atoms. The van der Waals surface area contributed by atoms with Gasteiger partial charge in [0.15, 0.2) is 0 Å². The van der Waals surface area contributed by atoms with Gasteiger partial charge in [0.2, 0.25) is 0 Å². The van der Waals surface area contributed by atoms with Gasteiger partial charge in [-0.2, -0.15) is 0 Å². The van der Waals surface area contributed by atoms with E-state index >= 15 is 0 Å². The third-order valence-corrected chi connectivity index (χ3v) is 0.756. The van der Waals surface area contributed by atoms with E-state index in [9.17, 15) is 4.79 Å². The summed E-state index contributed by atoms with van der Waals surface area (Å²) in [4.78, 5) is 10.4. The molecule has 1 amide bonds. The van der Waals surface area contributed by atoms with E-state index in [1.165, 1.54) is 13.3 Å². The SMILES string of the molecule is C=COCCOC(=O)NC. The lowest BCUT2D eigenvalue weighted by molar-refractivity contribution is 0.114. The van der Waals surface area contributed by atoms with Crippen LogP contribution in [0.4, 0.5) is 4.79 Å². The van der Waals surface area contributed by atoms with Gasteiger partial charge >= 0.3 is 6.09 Å². The average Bonchev–Trinajstić information content (AvgIpc) is 1.98. The molecule has 0 aromatic carbocycles. The monoisotopic (exact) mass is 145 g/mol. The molecule has 0 aliphatic rings. The smallest absolute Gasteiger partial charge is 0.406 e. The third kappa shape index (κ3) is 4.96. The van der Waals surface area contributed by atoms with Crippen LogP contribution < -0.4 is 5.32 Å². The molecule has 0 aliphatic heterocycles. The van der Waals surface area contributed by atoms with Gasteiger partial charge in [-0.3, -0.25) is 0 Å². The summed E-state index contributed by atoms with van der Waals surface area (Å²) in [6.07, 6.45) is 0.848. The number of alkyl carbamates (subject to hydrolysis) is 1. The number of hydrogen-bond donors (Lipinski definition) is 1. The number of carbonyl (C=O) groups excluding carboxylic acids is 1. The van der Waals surface area contributed by atoms with Crippen molar-refractivity contribution in [2.75, 3.05) is 20.3 Å². The van der Waals surface area contributed by atoms with Gasteiger partial charge in [-0.05, 0) is 0 Å². The first-order chi connectivity index (χ1) is 4.81. The van der Waals surface area contributed by atoms with Gasteiger partial charge in [-0.15, -0.1) is 0 Å². The van der Waals surface area contributed by atoms with Gasteiger partial charge in [-0.1, -0.05) is 6.58 Å². The molecule has 0 bridgehead atoms. The van der Waals surface area contributed by atoms with Crippen LogP contribution in [0.5, 0.6) is 0 Å². The van der Waals surface area contributed by atoms with E-state index in [0.717, 1.165) is 0 Å². The van der Waals surface area contributed by atoms with Crippen molar-refractivity contribution >= 4 is 6.09 Å². The third-order valence-electron chi connectivity index (χ3n) is 0.756. The highest BCUT2D eigenvalue weighted by atomic mass is 16.6. The Labute approximate surface area is 59.8 Å². The minimum Gasteiger partial charge on any atom is -0.498 e. The highest BCUT2D eigenvalue weighted by Crippen LogP contribution is 1.78. The van der Waals surface area contributed by atoms with Crippen molar-refractivity contribution in [3.63, 3.8) is 0 Å². The van der Waals surface area contributed by atoms with Crippen LogP contribution in [0.1, 0.15) is 0 Å². The number of ether oxygens (including phenoxy) is 2. The van der Waals surface area contributed by atoms with E-state index in [2.05, 4.69) is 21.4 Å². The van der Waals surface area contributed by atoms with Crippen LogP contribution in [0.2, 0.25) is 0 Å². The van der Waals surface area contributed by atoms with Crippen molar-refractivity contribution in [2.45, 2.75) is 0 Å². The molecule has 58 valence electrons. The van der Waals surface area contributed by atoms with Crippen molar-refractivity contribution in [1.82, 2.24) is 5.32 Å². The van der Waals surface area contributed by atoms with E-state index in [-0.39, 0.29) is 6.61 Å².